The van der Waals surface area contributed by atoms with E-state index in [0.29, 0.717) is 18.8 Å². The number of aliphatic hydroxyl groups is 2. The van der Waals surface area contributed by atoms with Crippen LogP contribution in [0.4, 0.5) is 0 Å². The molecule has 3 atom stereocenters. The van der Waals surface area contributed by atoms with Crippen LogP contribution in [0.2, 0.25) is 0 Å². The molecule has 0 aromatic heterocycles. The molecule has 0 unspecified atom stereocenters. The summed E-state index contributed by atoms with van der Waals surface area (Å²) in [5, 5.41) is 18.3. The Hall–Kier alpha value is 0.230. The second-order valence-corrected chi connectivity index (χ2v) is 3.16. The van der Waals surface area contributed by atoms with E-state index in [0.717, 1.165) is 0 Å². The smallest absolute Gasteiger partial charge is 0.0866 e. The van der Waals surface area contributed by atoms with E-state index in [4.69, 9.17) is 9.84 Å². The highest BCUT2D eigenvalue weighted by atomic mass is 32.1. The van der Waals surface area contributed by atoms with Gasteiger partial charge in [0.2, 0.25) is 0 Å². The number of rotatable bonds is 2. The van der Waals surface area contributed by atoms with Gasteiger partial charge in [-0.05, 0) is 12.2 Å². The molecular formula is C7H14O3S. The van der Waals surface area contributed by atoms with Crippen LogP contribution in [0.5, 0.6) is 0 Å². The lowest BCUT2D eigenvalue weighted by atomic mass is 9.94. The molecule has 11 heavy (non-hydrogen) atoms. The van der Waals surface area contributed by atoms with Crippen LogP contribution in [-0.4, -0.2) is 41.4 Å². The fraction of sp³-hybridized carbons (Fsp3) is 1.00. The van der Waals surface area contributed by atoms with E-state index in [1.54, 1.807) is 0 Å². The molecule has 0 bridgehead atoms. The average Bonchev–Trinajstić information content (AvgIpc) is 2.04. The molecule has 1 saturated heterocycles. The van der Waals surface area contributed by atoms with Gasteiger partial charge in [0.15, 0.2) is 0 Å². The Morgan fingerprint density at radius 2 is 2.27 bits per heavy atom. The molecule has 0 spiro atoms. The zero-order chi connectivity index (χ0) is 8.27. The molecule has 0 aliphatic carbocycles. The van der Waals surface area contributed by atoms with Gasteiger partial charge >= 0.3 is 0 Å². The molecule has 0 aromatic rings. The van der Waals surface area contributed by atoms with Crippen LogP contribution in [0.3, 0.4) is 0 Å². The van der Waals surface area contributed by atoms with Gasteiger partial charge < -0.3 is 14.9 Å². The van der Waals surface area contributed by atoms with Crippen molar-refractivity contribution in [3.8, 4) is 0 Å². The van der Waals surface area contributed by atoms with Gasteiger partial charge in [-0.25, -0.2) is 0 Å². The Morgan fingerprint density at radius 1 is 1.55 bits per heavy atom. The summed E-state index contributed by atoms with van der Waals surface area (Å²) in [7, 11) is 0. The standard InChI is InChI=1S/C7H14O3S/c8-3-7-5(4-11)6(9)1-2-10-7/h5-9,11H,1-4H2/t5-,6-,7-/m1/s1. The fourth-order valence-electron chi connectivity index (χ4n) is 1.35. The van der Waals surface area contributed by atoms with Gasteiger partial charge in [0.05, 0.1) is 18.8 Å². The number of hydrogen-bond acceptors (Lipinski definition) is 4. The molecule has 4 heteroatoms. The van der Waals surface area contributed by atoms with Crippen molar-refractivity contribution in [2.24, 2.45) is 5.92 Å². The van der Waals surface area contributed by atoms with Crippen molar-refractivity contribution in [3.63, 3.8) is 0 Å². The first-order valence-corrected chi connectivity index (χ1v) is 4.44. The summed E-state index contributed by atoms with van der Waals surface area (Å²) < 4.78 is 5.24. The summed E-state index contributed by atoms with van der Waals surface area (Å²) in [5.74, 6) is 0.545. The molecule has 1 heterocycles. The monoisotopic (exact) mass is 178 g/mol. The van der Waals surface area contributed by atoms with Gasteiger partial charge in [-0.15, -0.1) is 0 Å². The summed E-state index contributed by atoms with van der Waals surface area (Å²) in [6.45, 7) is 0.513. The summed E-state index contributed by atoms with van der Waals surface area (Å²) in [4.78, 5) is 0. The van der Waals surface area contributed by atoms with Crippen LogP contribution in [0.1, 0.15) is 6.42 Å². The first-order chi connectivity index (χ1) is 5.29. The molecule has 0 amide bonds. The Labute approximate surface area is 71.8 Å². The van der Waals surface area contributed by atoms with Crippen LogP contribution in [0, 0.1) is 5.92 Å². The second kappa shape index (κ2) is 4.30. The normalized spacial score (nSPS) is 39.0. The number of aliphatic hydroxyl groups excluding tert-OH is 2. The highest BCUT2D eigenvalue weighted by molar-refractivity contribution is 7.80. The molecular weight excluding hydrogens is 164 g/mol. The third kappa shape index (κ3) is 2.08. The van der Waals surface area contributed by atoms with Gasteiger partial charge in [-0.1, -0.05) is 0 Å². The van der Waals surface area contributed by atoms with E-state index in [9.17, 15) is 5.11 Å². The van der Waals surface area contributed by atoms with E-state index in [1.807, 2.05) is 0 Å². The minimum Gasteiger partial charge on any atom is -0.394 e. The maximum atomic E-state index is 9.43. The third-order valence-corrected chi connectivity index (χ3v) is 2.53. The van der Waals surface area contributed by atoms with Crippen molar-refractivity contribution >= 4 is 12.6 Å². The van der Waals surface area contributed by atoms with Crippen molar-refractivity contribution in [1.29, 1.82) is 0 Å². The van der Waals surface area contributed by atoms with Crippen molar-refractivity contribution in [2.75, 3.05) is 19.0 Å². The molecule has 2 N–H and O–H groups in total. The molecule has 1 aliphatic rings. The van der Waals surface area contributed by atoms with Crippen molar-refractivity contribution in [2.45, 2.75) is 18.6 Å². The Bertz CT molecular complexity index is 120. The predicted octanol–water partition coefficient (Wildman–Crippen LogP) is -0.326. The Balaban J connectivity index is 2.48. The quantitative estimate of drug-likeness (QED) is 0.508. The molecule has 1 fully saturated rings. The predicted molar refractivity (Wildman–Crippen MR) is 44.8 cm³/mol. The van der Waals surface area contributed by atoms with Crippen LogP contribution in [0.25, 0.3) is 0 Å². The number of thiol groups is 1. The summed E-state index contributed by atoms with van der Waals surface area (Å²) in [6.07, 6.45) is 0.0662. The van der Waals surface area contributed by atoms with E-state index in [-0.39, 0.29) is 24.7 Å². The van der Waals surface area contributed by atoms with Crippen molar-refractivity contribution < 1.29 is 14.9 Å². The maximum Gasteiger partial charge on any atom is 0.0866 e. The Morgan fingerprint density at radius 3 is 2.73 bits per heavy atom. The molecule has 3 nitrogen and oxygen atoms in total. The third-order valence-electron chi connectivity index (χ3n) is 2.11. The molecule has 0 aromatic carbocycles. The zero-order valence-electron chi connectivity index (χ0n) is 6.31. The van der Waals surface area contributed by atoms with E-state index in [2.05, 4.69) is 12.6 Å². The lowest BCUT2D eigenvalue weighted by Gasteiger charge is -2.33. The van der Waals surface area contributed by atoms with Crippen LogP contribution < -0.4 is 0 Å². The van der Waals surface area contributed by atoms with E-state index >= 15 is 0 Å². The second-order valence-electron chi connectivity index (χ2n) is 2.79. The number of hydrogen-bond donors (Lipinski definition) is 3. The van der Waals surface area contributed by atoms with Crippen LogP contribution in [-0.2, 0) is 4.74 Å². The largest absolute Gasteiger partial charge is 0.394 e. The lowest BCUT2D eigenvalue weighted by molar-refractivity contribution is -0.101. The zero-order valence-corrected chi connectivity index (χ0v) is 7.20. The van der Waals surface area contributed by atoms with Gasteiger partial charge in [0.25, 0.3) is 0 Å². The van der Waals surface area contributed by atoms with Gasteiger partial charge in [-0.3, -0.25) is 0 Å². The first kappa shape index (κ1) is 9.32. The lowest BCUT2D eigenvalue weighted by Crippen LogP contribution is -2.42. The maximum absolute atomic E-state index is 9.43. The van der Waals surface area contributed by atoms with E-state index in [1.165, 1.54) is 0 Å². The Kier molecular flexibility index (Phi) is 3.65. The summed E-state index contributed by atoms with van der Waals surface area (Å²) >= 11 is 4.08. The minimum atomic E-state index is -0.363. The highest BCUT2D eigenvalue weighted by Crippen LogP contribution is 2.21. The van der Waals surface area contributed by atoms with Gasteiger partial charge in [0.1, 0.15) is 0 Å². The topological polar surface area (TPSA) is 49.7 Å². The van der Waals surface area contributed by atoms with Crippen LogP contribution >= 0.6 is 12.6 Å². The van der Waals surface area contributed by atoms with Crippen molar-refractivity contribution in [3.05, 3.63) is 0 Å². The van der Waals surface area contributed by atoms with Crippen LogP contribution in [0.15, 0.2) is 0 Å². The van der Waals surface area contributed by atoms with E-state index < -0.39 is 0 Å². The molecule has 1 rings (SSSR count). The first-order valence-electron chi connectivity index (χ1n) is 3.81. The average molecular weight is 178 g/mol. The molecule has 0 radical (unpaired) electrons. The number of ether oxygens (including phenoxy) is 1. The van der Waals surface area contributed by atoms with Gasteiger partial charge in [-0.2, -0.15) is 12.6 Å². The minimum absolute atomic E-state index is 0.0166. The summed E-state index contributed by atoms with van der Waals surface area (Å²) in [6, 6.07) is 0. The highest BCUT2D eigenvalue weighted by Gasteiger charge is 2.31. The van der Waals surface area contributed by atoms with Crippen molar-refractivity contribution in [1.82, 2.24) is 0 Å². The molecule has 66 valence electrons. The molecule has 0 saturated carbocycles. The fourth-order valence-corrected chi connectivity index (χ4v) is 1.83. The summed E-state index contributed by atoms with van der Waals surface area (Å²) in [5.41, 5.74) is 0. The molecule has 1 aliphatic heterocycles. The van der Waals surface area contributed by atoms with Gasteiger partial charge in [0, 0.05) is 12.5 Å². The SMILES string of the molecule is OC[C@H]1OCC[C@@H](O)[C@H]1CS.